The van der Waals surface area contributed by atoms with Gasteiger partial charge in [-0.3, -0.25) is 4.79 Å². The van der Waals surface area contributed by atoms with Crippen LogP contribution in [0.3, 0.4) is 0 Å². The van der Waals surface area contributed by atoms with E-state index in [1.807, 2.05) is 31.2 Å². The van der Waals surface area contributed by atoms with E-state index in [4.69, 9.17) is 10.5 Å². The van der Waals surface area contributed by atoms with E-state index in [0.717, 1.165) is 5.56 Å². The van der Waals surface area contributed by atoms with Gasteiger partial charge in [0.1, 0.15) is 6.04 Å². The van der Waals surface area contributed by atoms with E-state index in [0.29, 0.717) is 13.0 Å². The number of benzene rings is 1. The molecule has 1 rings (SSSR count). The first-order chi connectivity index (χ1) is 7.13. The molecule has 0 aliphatic heterocycles. The Morgan fingerprint density at radius 2 is 1.94 bits per heavy atom. The second-order valence-corrected chi connectivity index (χ2v) is 3.55. The third-order valence-electron chi connectivity index (χ3n) is 2.17. The van der Waals surface area contributed by atoms with E-state index in [9.17, 15) is 4.79 Å². The van der Waals surface area contributed by atoms with Crippen LogP contribution in [0, 0.1) is 6.92 Å². The zero-order valence-electron chi connectivity index (χ0n) is 9.60. The van der Waals surface area contributed by atoms with Gasteiger partial charge in [0.25, 0.3) is 0 Å². The predicted octanol–water partition coefficient (Wildman–Crippen LogP) is 1.85. The van der Waals surface area contributed by atoms with Gasteiger partial charge >= 0.3 is 5.97 Å². The maximum absolute atomic E-state index is 11.3. The van der Waals surface area contributed by atoms with Crippen LogP contribution in [-0.4, -0.2) is 18.6 Å². The Labute approximate surface area is 102 Å². The second kappa shape index (κ2) is 7.25. The van der Waals surface area contributed by atoms with Gasteiger partial charge in [-0.25, -0.2) is 0 Å². The quantitative estimate of drug-likeness (QED) is 0.822. The number of aryl methyl sites for hydroxylation is 1. The molecule has 0 aliphatic rings. The molecule has 4 heteroatoms. The lowest BCUT2D eigenvalue weighted by atomic mass is 10.1. The summed E-state index contributed by atoms with van der Waals surface area (Å²) in [5, 5.41) is 0. The molecule has 1 aromatic rings. The summed E-state index contributed by atoms with van der Waals surface area (Å²) < 4.78 is 4.84. The number of halogens is 1. The molecule has 1 aromatic carbocycles. The normalized spacial score (nSPS) is 11.4. The van der Waals surface area contributed by atoms with E-state index in [2.05, 4.69) is 0 Å². The molecule has 1 unspecified atom stereocenters. The Morgan fingerprint density at radius 1 is 1.38 bits per heavy atom. The van der Waals surface area contributed by atoms with Crippen LogP contribution in [0.2, 0.25) is 0 Å². The summed E-state index contributed by atoms with van der Waals surface area (Å²) in [4.78, 5) is 11.3. The van der Waals surface area contributed by atoms with E-state index >= 15 is 0 Å². The smallest absolute Gasteiger partial charge is 0.323 e. The lowest BCUT2D eigenvalue weighted by Gasteiger charge is -2.10. The maximum atomic E-state index is 11.3. The summed E-state index contributed by atoms with van der Waals surface area (Å²) in [7, 11) is 0. The Morgan fingerprint density at radius 3 is 2.44 bits per heavy atom. The first kappa shape index (κ1) is 14.9. The lowest BCUT2D eigenvalue weighted by molar-refractivity contribution is -0.144. The Kier molecular flexibility index (Phi) is 6.77. The molecule has 0 spiro atoms. The molecule has 3 nitrogen and oxygen atoms in total. The monoisotopic (exact) mass is 243 g/mol. The molecule has 16 heavy (non-hydrogen) atoms. The van der Waals surface area contributed by atoms with E-state index < -0.39 is 6.04 Å². The van der Waals surface area contributed by atoms with Crippen molar-refractivity contribution in [1.29, 1.82) is 0 Å². The molecule has 0 saturated carbocycles. The second-order valence-electron chi connectivity index (χ2n) is 3.55. The molecule has 0 aromatic heterocycles. The number of carbonyl (C=O) groups excluding carboxylic acids is 1. The van der Waals surface area contributed by atoms with Crippen molar-refractivity contribution in [2.75, 3.05) is 6.61 Å². The molecular weight excluding hydrogens is 226 g/mol. The van der Waals surface area contributed by atoms with Gasteiger partial charge in [-0.1, -0.05) is 29.8 Å². The standard InChI is InChI=1S/C12H17NO2.ClH/c1-3-15-12(14)11(13)8-10-6-4-9(2)5-7-10;/h4-7,11H,3,8,13H2,1-2H3;1H. The minimum absolute atomic E-state index is 0. The summed E-state index contributed by atoms with van der Waals surface area (Å²) in [6, 6.07) is 7.41. The van der Waals surface area contributed by atoms with Crippen LogP contribution in [-0.2, 0) is 16.0 Å². The van der Waals surface area contributed by atoms with Crippen LogP contribution in [0.25, 0.3) is 0 Å². The number of rotatable bonds is 4. The average Bonchev–Trinajstić information content (AvgIpc) is 2.22. The SMILES string of the molecule is CCOC(=O)C(N)Cc1ccc(C)cc1.Cl. The highest BCUT2D eigenvalue weighted by molar-refractivity contribution is 5.85. The van der Waals surface area contributed by atoms with E-state index in [1.165, 1.54) is 5.56 Å². The van der Waals surface area contributed by atoms with E-state index in [1.54, 1.807) is 6.92 Å². The van der Waals surface area contributed by atoms with Crippen molar-refractivity contribution in [3.63, 3.8) is 0 Å². The Balaban J connectivity index is 0.00000225. The fourth-order valence-electron chi connectivity index (χ4n) is 1.31. The van der Waals surface area contributed by atoms with Crippen LogP contribution >= 0.6 is 12.4 Å². The van der Waals surface area contributed by atoms with Crippen LogP contribution in [0.1, 0.15) is 18.1 Å². The van der Waals surface area contributed by atoms with Gasteiger partial charge in [0, 0.05) is 0 Å². The minimum Gasteiger partial charge on any atom is -0.465 e. The van der Waals surface area contributed by atoms with Crippen molar-refractivity contribution in [3.8, 4) is 0 Å². The van der Waals surface area contributed by atoms with E-state index in [-0.39, 0.29) is 18.4 Å². The molecule has 0 bridgehead atoms. The topological polar surface area (TPSA) is 52.3 Å². The number of hydrogen-bond acceptors (Lipinski definition) is 3. The molecule has 1 atom stereocenters. The first-order valence-electron chi connectivity index (χ1n) is 5.11. The largest absolute Gasteiger partial charge is 0.465 e. The van der Waals surface area contributed by atoms with Gasteiger partial charge in [-0.2, -0.15) is 0 Å². The molecule has 0 fully saturated rings. The minimum atomic E-state index is -0.562. The fourth-order valence-corrected chi connectivity index (χ4v) is 1.31. The first-order valence-corrected chi connectivity index (χ1v) is 5.11. The molecule has 2 N–H and O–H groups in total. The predicted molar refractivity (Wildman–Crippen MR) is 66.7 cm³/mol. The van der Waals surface area contributed by atoms with Crippen LogP contribution in [0.4, 0.5) is 0 Å². The molecule has 0 saturated heterocycles. The number of esters is 1. The zero-order valence-corrected chi connectivity index (χ0v) is 10.4. The Bertz CT molecular complexity index is 324. The van der Waals surface area contributed by atoms with Gasteiger partial charge < -0.3 is 10.5 Å². The van der Waals surface area contributed by atoms with Crippen LogP contribution in [0.5, 0.6) is 0 Å². The number of ether oxygens (including phenoxy) is 1. The summed E-state index contributed by atoms with van der Waals surface area (Å²) in [6.45, 7) is 4.17. The number of carbonyl (C=O) groups is 1. The lowest BCUT2D eigenvalue weighted by Crippen LogP contribution is -2.34. The Hall–Kier alpha value is -1.06. The zero-order chi connectivity index (χ0) is 11.3. The van der Waals surface area contributed by atoms with Crippen molar-refractivity contribution in [2.24, 2.45) is 5.73 Å². The van der Waals surface area contributed by atoms with Gasteiger partial charge in [-0.15, -0.1) is 12.4 Å². The maximum Gasteiger partial charge on any atom is 0.323 e. The molecule has 90 valence electrons. The third-order valence-corrected chi connectivity index (χ3v) is 2.17. The molecule has 0 aliphatic carbocycles. The van der Waals surface area contributed by atoms with Gasteiger partial charge in [0.15, 0.2) is 0 Å². The van der Waals surface area contributed by atoms with Crippen LogP contribution in [0.15, 0.2) is 24.3 Å². The van der Waals surface area contributed by atoms with Crippen molar-refractivity contribution in [3.05, 3.63) is 35.4 Å². The summed E-state index contributed by atoms with van der Waals surface area (Å²) >= 11 is 0. The molecule has 0 heterocycles. The summed E-state index contributed by atoms with van der Waals surface area (Å²) in [6.07, 6.45) is 0.527. The molecule has 0 amide bonds. The molecular formula is C12H18ClNO2. The van der Waals surface area contributed by atoms with Crippen molar-refractivity contribution in [2.45, 2.75) is 26.3 Å². The van der Waals surface area contributed by atoms with Crippen molar-refractivity contribution in [1.82, 2.24) is 0 Å². The number of nitrogens with two attached hydrogens (primary N) is 1. The summed E-state index contributed by atoms with van der Waals surface area (Å²) in [5.41, 5.74) is 7.95. The average molecular weight is 244 g/mol. The highest BCUT2D eigenvalue weighted by Gasteiger charge is 2.14. The number of hydrogen-bond donors (Lipinski definition) is 1. The fraction of sp³-hybridized carbons (Fsp3) is 0.417. The van der Waals surface area contributed by atoms with Gasteiger partial charge in [0.05, 0.1) is 6.61 Å². The van der Waals surface area contributed by atoms with Gasteiger partial charge in [0.2, 0.25) is 0 Å². The van der Waals surface area contributed by atoms with Gasteiger partial charge in [-0.05, 0) is 25.8 Å². The highest BCUT2D eigenvalue weighted by atomic mass is 35.5. The summed E-state index contributed by atoms with van der Waals surface area (Å²) in [5.74, 6) is -0.335. The molecule has 0 radical (unpaired) electrons. The third kappa shape index (κ3) is 4.64. The van der Waals surface area contributed by atoms with Crippen molar-refractivity contribution >= 4 is 18.4 Å². The highest BCUT2D eigenvalue weighted by Crippen LogP contribution is 2.05. The van der Waals surface area contributed by atoms with Crippen LogP contribution < -0.4 is 5.73 Å². The van der Waals surface area contributed by atoms with Crippen molar-refractivity contribution < 1.29 is 9.53 Å².